The third-order valence-corrected chi connectivity index (χ3v) is 3.66. The molecule has 1 fully saturated rings. The molecule has 1 heterocycles. The van der Waals surface area contributed by atoms with Gasteiger partial charge in [-0.15, -0.1) is 0 Å². The topological polar surface area (TPSA) is 61.9 Å². The van der Waals surface area contributed by atoms with Gasteiger partial charge in [0, 0.05) is 31.9 Å². The molecule has 0 spiro atoms. The summed E-state index contributed by atoms with van der Waals surface area (Å²) in [5.41, 5.74) is -1.36. The Morgan fingerprint density at radius 3 is 2.15 bits per heavy atom. The number of nitrogens with zero attached hydrogens (tertiary/aromatic N) is 2. The van der Waals surface area contributed by atoms with Gasteiger partial charge in [-0.2, -0.15) is 13.2 Å². The minimum Gasteiger partial charge on any atom is -0.444 e. The molecule has 0 bridgehead atoms. The maximum absolute atomic E-state index is 12.7. The number of ether oxygens (including phenoxy) is 1. The number of amides is 3. The van der Waals surface area contributed by atoms with E-state index in [1.54, 1.807) is 20.8 Å². The van der Waals surface area contributed by atoms with Crippen molar-refractivity contribution < 1.29 is 27.5 Å². The molecule has 1 aromatic rings. The zero-order valence-corrected chi connectivity index (χ0v) is 14.9. The summed E-state index contributed by atoms with van der Waals surface area (Å²) in [5.74, 6) is 0. The molecule has 0 aliphatic carbocycles. The lowest BCUT2D eigenvalue weighted by Gasteiger charge is -2.35. The number of anilines is 1. The van der Waals surface area contributed by atoms with E-state index in [9.17, 15) is 22.8 Å². The maximum Gasteiger partial charge on any atom is 0.416 e. The van der Waals surface area contributed by atoms with E-state index in [-0.39, 0.29) is 18.8 Å². The van der Waals surface area contributed by atoms with Gasteiger partial charge in [-0.3, -0.25) is 0 Å². The van der Waals surface area contributed by atoms with Crippen LogP contribution in [-0.2, 0) is 10.9 Å². The van der Waals surface area contributed by atoms with Crippen LogP contribution in [0.5, 0.6) is 0 Å². The highest BCUT2D eigenvalue weighted by atomic mass is 19.4. The number of piperazine rings is 1. The molecule has 26 heavy (non-hydrogen) atoms. The number of nitrogens with one attached hydrogen (secondary N) is 1. The van der Waals surface area contributed by atoms with Gasteiger partial charge in [0.2, 0.25) is 0 Å². The largest absolute Gasteiger partial charge is 0.444 e. The molecule has 0 saturated carbocycles. The molecule has 3 amide bonds. The Morgan fingerprint density at radius 2 is 1.62 bits per heavy atom. The van der Waals surface area contributed by atoms with Crippen molar-refractivity contribution in [3.05, 3.63) is 29.8 Å². The van der Waals surface area contributed by atoms with Gasteiger partial charge >= 0.3 is 18.3 Å². The average Bonchev–Trinajstić information content (AvgIpc) is 2.53. The molecule has 1 N–H and O–H groups in total. The molecule has 1 aliphatic rings. The fourth-order valence-electron chi connectivity index (χ4n) is 2.39. The van der Waals surface area contributed by atoms with Crippen molar-refractivity contribution in [3.8, 4) is 0 Å². The molecular formula is C17H22F3N3O3. The first-order chi connectivity index (χ1) is 12.0. The summed E-state index contributed by atoms with van der Waals surface area (Å²) < 4.78 is 43.4. The van der Waals surface area contributed by atoms with Gasteiger partial charge in [0.05, 0.1) is 5.56 Å². The molecule has 6 nitrogen and oxygen atoms in total. The molecule has 2 rings (SSSR count). The summed E-state index contributed by atoms with van der Waals surface area (Å²) in [5, 5.41) is 2.46. The summed E-state index contributed by atoms with van der Waals surface area (Å²) in [7, 11) is 0. The van der Waals surface area contributed by atoms with Gasteiger partial charge in [-0.1, -0.05) is 6.07 Å². The van der Waals surface area contributed by atoms with Crippen LogP contribution in [-0.4, -0.2) is 53.7 Å². The summed E-state index contributed by atoms with van der Waals surface area (Å²) in [6.45, 7) is 6.43. The number of benzene rings is 1. The Bertz CT molecular complexity index is 663. The van der Waals surface area contributed by atoms with Crippen LogP contribution in [0.2, 0.25) is 0 Å². The van der Waals surface area contributed by atoms with Gasteiger partial charge in [0.1, 0.15) is 5.60 Å². The van der Waals surface area contributed by atoms with Crippen molar-refractivity contribution >= 4 is 17.8 Å². The van der Waals surface area contributed by atoms with Gasteiger partial charge < -0.3 is 19.9 Å². The second-order valence-corrected chi connectivity index (χ2v) is 6.96. The fraction of sp³-hybridized carbons (Fsp3) is 0.529. The molecule has 144 valence electrons. The van der Waals surface area contributed by atoms with Gasteiger partial charge in [0.15, 0.2) is 0 Å². The van der Waals surface area contributed by atoms with Crippen LogP contribution in [0.25, 0.3) is 0 Å². The van der Waals surface area contributed by atoms with E-state index in [1.165, 1.54) is 21.9 Å². The first kappa shape index (κ1) is 19.9. The van der Waals surface area contributed by atoms with E-state index >= 15 is 0 Å². The van der Waals surface area contributed by atoms with E-state index in [1.807, 2.05) is 0 Å². The third kappa shape index (κ3) is 5.53. The predicted molar refractivity (Wildman–Crippen MR) is 89.8 cm³/mol. The Balaban J connectivity index is 1.90. The summed E-state index contributed by atoms with van der Waals surface area (Å²) in [4.78, 5) is 27.2. The number of carbonyl (C=O) groups is 2. The number of rotatable bonds is 1. The Hall–Kier alpha value is -2.45. The molecule has 0 radical (unpaired) electrons. The highest BCUT2D eigenvalue weighted by Crippen LogP contribution is 2.30. The summed E-state index contributed by atoms with van der Waals surface area (Å²) in [6.07, 6.45) is -4.92. The maximum atomic E-state index is 12.7. The highest BCUT2D eigenvalue weighted by molar-refractivity contribution is 5.89. The zero-order chi connectivity index (χ0) is 19.5. The molecule has 9 heteroatoms. The second-order valence-electron chi connectivity index (χ2n) is 6.96. The van der Waals surface area contributed by atoms with Crippen molar-refractivity contribution in [2.24, 2.45) is 0 Å². The van der Waals surface area contributed by atoms with Crippen molar-refractivity contribution in [1.82, 2.24) is 9.80 Å². The predicted octanol–water partition coefficient (Wildman–Crippen LogP) is 3.79. The lowest BCUT2D eigenvalue weighted by atomic mass is 10.2. The monoisotopic (exact) mass is 373 g/mol. The van der Waals surface area contributed by atoms with Crippen LogP contribution < -0.4 is 5.32 Å². The van der Waals surface area contributed by atoms with Crippen molar-refractivity contribution in [2.75, 3.05) is 31.5 Å². The van der Waals surface area contributed by atoms with Crippen LogP contribution in [0.1, 0.15) is 26.3 Å². The highest BCUT2D eigenvalue weighted by Gasteiger charge is 2.31. The molecule has 0 atom stereocenters. The van der Waals surface area contributed by atoms with Crippen molar-refractivity contribution in [1.29, 1.82) is 0 Å². The first-order valence-electron chi connectivity index (χ1n) is 8.17. The van der Waals surface area contributed by atoms with Gasteiger partial charge in [-0.05, 0) is 39.0 Å². The normalized spacial score (nSPS) is 15.6. The van der Waals surface area contributed by atoms with E-state index in [2.05, 4.69) is 5.32 Å². The molecule has 1 aliphatic heterocycles. The Kier molecular flexibility index (Phi) is 5.68. The van der Waals surface area contributed by atoms with E-state index in [4.69, 9.17) is 4.74 Å². The Morgan fingerprint density at radius 1 is 1.04 bits per heavy atom. The quantitative estimate of drug-likeness (QED) is 0.815. The van der Waals surface area contributed by atoms with Gasteiger partial charge in [0.25, 0.3) is 0 Å². The van der Waals surface area contributed by atoms with Crippen LogP contribution in [0.15, 0.2) is 24.3 Å². The van der Waals surface area contributed by atoms with Crippen LogP contribution in [0.4, 0.5) is 28.4 Å². The minimum absolute atomic E-state index is 0.0689. The number of carbonyl (C=O) groups excluding carboxylic acids is 2. The lowest BCUT2D eigenvalue weighted by Crippen LogP contribution is -2.52. The standard InChI is InChI=1S/C17H22F3N3O3/c1-16(2,3)26-15(25)23-9-7-22(8-10-23)14(24)21-13-6-4-5-12(11-13)17(18,19)20/h4-6,11H,7-10H2,1-3H3,(H,21,24). The summed E-state index contributed by atoms with van der Waals surface area (Å²) in [6, 6.07) is 3.95. The number of hydrogen-bond donors (Lipinski definition) is 1. The van der Waals surface area contributed by atoms with Crippen LogP contribution >= 0.6 is 0 Å². The minimum atomic E-state index is -4.47. The lowest BCUT2D eigenvalue weighted by molar-refractivity contribution is -0.137. The van der Waals surface area contributed by atoms with E-state index < -0.39 is 29.5 Å². The van der Waals surface area contributed by atoms with Crippen LogP contribution in [0.3, 0.4) is 0 Å². The number of halogens is 3. The number of alkyl halides is 3. The van der Waals surface area contributed by atoms with Crippen molar-refractivity contribution in [2.45, 2.75) is 32.5 Å². The SMILES string of the molecule is CC(C)(C)OC(=O)N1CCN(C(=O)Nc2cccc(C(F)(F)F)c2)CC1. The average molecular weight is 373 g/mol. The van der Waals surface area contributed by atoms with Gasteiger partial charge in [-0.25, -0.2) is 9.59 Å². The summed E-state index contributed by atoms with van der Waals surface area (Å²) >= 11 is 0. The third-order valence-electron chi connectivity index (χ3n) is 3.66. The van der Waals surface area contributed by atoms with E-state index in [0.717, 1.165) is 12.1 Å². The zero-order valence-electron chi connectivity index (χ0n) is 14.9. The molecule has 1 saturated heterocycles. The van der Waals surface area contributed by atoms with Crippen molar-refractivity contribution in [3.63, 3.8) is 0 Å². The first-order valence-corrected chi connectivity index (χ1v) is 8.17. The smallest absolute Gasteiger partial charge is 0.416 e. The molecule has 0 unspecified atom stereocenters. The molecular weight excluding hydrogens is 351 g/mol. The number of urea groups is 1. The number of hydrogen-bond acceptors (Lipinski definition) is 3. The fourth-order valence-corrected chi connectivity index (χ4v) is 2.39. The molecule has 1 aromatic carbocycles. The van der Waals surface area contributed by atoms with Crippen LogP contribution in [0, 0.1) is 0 Å². The second kappa shape index (κ2) is 7.43. The molecule has 0 aromatic heterocycles. The van der Waals surface area contributed by atoms with E-state index in [0.29, 0.717) is 13.1 Å². The Labute approximate surface area is 149 Å².